The van der Waals surface area contributed by atoms with Gasteiger partial charge in [-0.1, -0.05) is 23.8 Å². The van der Waals surface area contributed by atoms with Crippen molar-refractivity contribution in [2.45, 2.75) is 13.0 Å². The molecule has 1 heterocycles. The molecule has 0 aliphatic rings. The number of guanidine groups is 1. The summed E-state index contributed by atoms with van der Waals surface area (Å²) in [6.45, 7) is 4.15. The fourth-order valence-corrected chi connectivity index (χ4v) is 3.33. The molecular formula is C19H28N4OS. The van der Waals surface area contributed by atoms with E-state index in [9.17, 15) is 0 Å². The van der Waals surface area contributed by atoms with E-state index in [4.69, 9.17) is 4.74 Å². The number of nitrogens with zero attached hydrogens (tertiary/aromatic N) is 2. The molecule has 0 bridgehead atoms. The van der Waals surface area contributed by atoms with Crippen molar-refractivity contribution in [2.24, 2.45) is 4.99 Å². The summed E-state index contributed by atoms with van der Waals surface area (Å²) in [5.41, 5.74) is 1.23. The van der Waals surface area contributed by atoms with Crippen LogP contribution in [0.5, 0.6) is 5.75 Å². The maximum absolute atomic E-state index is 5.73. The predicted molar refractivity (Wildman–Crippen MR) is 107 cm³/mol. The van der Waals surface area contributed by atoms with Crippen molar-refractivity contribution in [1.82, 2.24) is 15.5 Å². The average molecular weight is 361 g/mol. The van der Waals surface area contributed by atoms with Gasteiger partial charge in [-0.15, -0.1) is 11.3 Å². The number of ether oxygens (including phenoxy) is 1. The van der Waals surface area contributed by atoms with Gasteiger partial charge in [-0.2, -0.15) is 0 Å². The molecule has 0 amide bonds. The Bertz CT molecular complexity index is 638. The molecule has 2 aromatic rings. The van der Waals surface area contributed by atoms with Gasteiger partial charge in [-0.3, -0.25) is 4.99 Å². The first kappa shape index (κ1) is 19.3. The lowest BCUT2D eigenvalue weighted by Gasteiger charge is -2.24. The third-order valence-electron chi connectivity index (χ3n) is 3.87. The molecule has 136 valence electrons. The molecule has 2 rings (SSSR count). The topological polar surface area (TPSA) is 48.9 Å². The van der Waals surface area contributed by atoms with Gasteiger partial charge in [0.05, 0.1) is 12.6 Å². The molecule has 1 unspecified atom stereocenters. The molecule has 1 aromatic carbocycles. The predicted octanol–water partition coefficient (Wildman–Crippen LogP) is 2.90. The second-order valence-electron chi connectivity index (χ2n) is 6.04. The SMILES string of the molecule is CN=C(NCCOc1ccc(C)cc1)NCC(c1cccs1)N(C)C. The van der Waals surface area contributed by atoms with Crippen LogP contribution in [0.3, 0.4) is 0 Å². The summed E-state index contributed by atoms with van der Waals surface area (Å²) in [6.07, 6.45) is 0. The van der Waals surface area contributed by atoms with E-state index in [1.807, 2.05) is 12.1 Å². The molecule has 0 radical (unpaired) electrons. The van der Waals surface area contributed by atoms with Crippen LogP contribution >= 0.6 is 11.3 Å². The van der Waals surface area contributed by atoms with Crippen molar-refractivity contribution in [3.05, 3.63) is 52.2 Å². The molecule has 1 aromatic heterocycles. The summed E-state index contributed by atoms with van der Waals surface area (Å²) >= 11 is 1.78. The van der Waals surface area contributed by atoms with E-state index < -0.39 is 0 Å². The Morgan fingerprint density at radius 3 is 2.56 bits per heavy atom. The smallest absolute Gasteiger partial charge is 0.191 e. The second-order valence-corrected chi connectivity index (χ2v) is 7.02. The first-order valence-electron chi connectivity index (χ1n) is 8.44. The maximum Gasteiger partial charge on any atom is 0.191 e. The number of aryl methyl sites for hydroxylation is 1. The number of thiophene rings is 1. The van der Waals surface area contributed by atoms with Crippen LogP contribution in [-0.2, 0) is 0 Å². The van der Waals surface area contributed by atoms with Crippen LogP contribution in [0.1, 0.15) is 16.5 Å². The minimum absolute atomic E-state index is 0.322. The van der Waals surface area contributed by atoms with Crippen molar-refractivity contribution in [3.63, 3.8) is 0 Å². The van der Waals surface area contributed by atoms with Gasteiger partial charge in [-0.05, 0) is 44.6 Å². The molecule has 0 aliphatic heterocycles. The van der Waals surface area contributed by atoms with Crippen molar-refractivity contribution < 1.29 is 4.74 Å². The fourth-order valence-electron chi connectivity index (χ4n) is 2.41. The fraction of sp³-hybridized carbons (Fsp3) is 0.421. The quantitative estimate of drug-likeness (QED) is 0.432. The third-order valence-corrected chi connectivity index (χ3v) is 4.84. The number of aliphatic imine (C=N–C) groups is 1. The van der Waals surface area contributed by atoms with E-state index in [-0.39, 0.29) is 0 Å². The Kier molecular flexibility index (Phi) is 7.76. The summed E-state index contributed by atoms with van der Waals surface area (Å²) in [7, 11) is 5.97. The molecule has 1 atom stereocenters. The van der Waals surface area contributed by atoms with Gasteiger partial charge in [0.15, 0.2) is 5.96 Å². The maximum atomic E-state index is 5.73. The monoisotopic (exact) mass is 360 g/mol. The highest BCUT2D eigenvalue weighted by atomic mass is 32.1. The zero-order chi connectivity index (χ0) is 18.1. The highest BCUT2D eigenvalue weighted by Gasteiger charge is 2.15. The van der Waals surface area contributed by atoms with Crippen molar-refractivity contribution in [1.29, 1.82) is 0 Å². The molecule has 25 heavy (non-hydrogen) atoms. The number of nitrogens with one attached hydrogen (secondary N) is 2. The Hall–Kier alpha value is -2.05. The summed E-state index contributed by atoms with van der Waals surface area (Å²) in [4.78, 5) is 7.84. The number of benzene rings is 1. The molecule has 0 saturated heterocycles. The van der Waals surface area contributed by atoms with Gasteiger partial charge in [0.1, 0.15) is 12.4 Å². The lowest BCUT2D eigenvalue weighted by molar-refractivity contribution is 0.301. The van der Waals surface area contributed by atoms with Crippen molar-refractivity contribution in [2.75, 3.05) is 40.8 Å². The molecule has 0 aliphatic carbocycles. The zero-order valence-corrected chi connectivity index (χ0v) is 16.3. The van der Waals surface area contributed by atoms with Crippen molar-refractivity contribution >= 4 is 17.3 Å². The first-order chi connectivity index (χ1) is 12.1. The summed E-state index contributed by atoms with van der Waals surface area (Å²) in [5.74, 6) is 1.68. The van der Waals surface area contributed by atoms with Gasteiger partial charge < -0.3 is 20.3 Å². The second kappa shape index (κ2) is 10.1. The van der Waals surface area contributed by atoms with Gasteiger partial charge in [0.25, 0.3) is 0 Å². The summed E-state index contributed by atoms with van der Waals surface area (Å²) in [5, 5.41) is 8.80. The Morgan fingerprint density at radius 1 is 1.20 bits per heavy atom. The Morgan fingerprint density at radius 2 is 1.96 bits per heavy atom. The number of hydrogen-bond donors (Lipinski definition) is 2. The normalized spacial score (nSPS) is 12.9. The van der Waals surface area contributed by atoms with E-state index in [0.717, 1.165) is 18.3 Å². The molecule has 2 N–H and O–H groups in total. The molecule has 0 fully saturated rings. The standard InChI is InChI=1S/C19H28N4OS/c1-15-7-9-16(10-8-15)24-12-11-21-19(20-2)22-14-17(23(3)4)18-6-5-13-25-18/h5-10,13,17H,11-12,14H2,1-4H3,(H2,20,21,22). The third kappa shape index (κ3) is 6.40. The van der Waals surface area contributed by atoms with E-state index in [1.165, 1.54) is 10.4 Å². The highest BCUT2D eigenvalue weighted by Crippen LogP contribution is 2.22. The summed E-state index contributed by atoms with van der Waals surface area (Å²) in [6, 6.07) is 12.7. The number of likely N-dealkylation sites (N-methyl/N-ethyl adjacent to an activating group) is 1. The molecule has 0 saturated carbocycles. The van der Waals surface area contributed by atoms with E-state index >= 15 is 0 Å². The molecule has 5 nitrogen and oxygen atoms in total. The van der Waals surface area contributed by atoms with Crippen LogP contribution in [0, 0.1) is 6.92 Å². The van der Waals surface area contributed by atoms with E-state index in [2.05, 4.69) is 71.2 Å². The average Bonchev–Trinajstić information content (AvgIpc) is 3.12. The summed E-state index contributed by atoms with van der Waals surface area (Å²) < 4.78 is 5.73. The van der Waals surface area contributed by atoms with Gasteiger partial charge in [-0.25, -0.2) is 0 Å². The zero-order valence-electron chi connectivity index (χ0n) is 15.5. The van der Waals surface area contributed by atoms with Crippen LogP contribution in [0.15, 0.2) is 46.8 Å². The minimum atomic E-state index is 0.322. The number of hydrogen-bond acceptors (Lipinski definition) is 4. The molecule has 6 heteroatoms. The van der Waals surface area contributed by atoms with Crippen LogP contribution in [-0.4, -0.2) is 51.7 Å². The van der Waals surface area contributed by atoms with Gasteiger partial charge in [0.2, 0.25) is 0 Å². The van der Waals surface area contributed by atoms with E-state index in [0.29, 0.717) is 19.2 Å². The lowest BCUT2D eigenvalue weighted by Crippen LogP contribution is -2.42. The van der Waals surface area contributed by atoms with Crippen LogP contribution in [0.25, 0.3) is 0 Å². The molecular weight excluding hydrogens is 332 g/mol. The van der Waals surface area contributed by atoms with Crippen LogP contribution in [0.4, 0.5) is 0 Å². The Balaban J connectivity index is 1.73. The first-order valence-corrected chi connectivity index (χ1v) is 9.32. The lowest BCUT2D eigenvalue weighted by atomic mass is 10.2. The van der Waals surface area contributed by atoms with Gasteiger partial charge in [0, 0.05) is 18.5 Å². The van der Waals surface area contributed by atoms with Crippen LogP contribution < -0.4 is 15.4 Å². The molecule has 0 spiro atoms. The van der Waals surface area contributed by atoms with Crippen molar-refractivity contribution in [3.8, 4) is 5.75 Å². The minimum Gasteiger partial charge on any atom is -0.492 e. The largest absolute Gasteiger partial charge is 0.492 e. The van der Waals surface area contributed by atoms with Gasteiger partial charge >= 0.3 is 0 Å². The number of rotatable bonds is 8. The highest BCUT2D eigenvalue weighted by molar-refractivity contribution is 7.10. The Labute approximate surface area is 154 Å². The van der Waals surface area contributed by atoms with Crippen LogP contribution in [0.2, 0.25) is 0 Å². The van der Waals surface area contributed by atoms with E-state index in [1.54, 1.807) is 18.4 Å².